The first-order valence-corrected chi connectivity index (χ1v) is 12.2. The lowest BCUT2D eigenvalue weighted by Crippen LogP contribution is -2.72. The summed E-state index contributed by atoms with van der Waals surface area (Å²) >= 11 is 15.3. The minimum absolute atomic E-state index is 0.208. The number of methoxy groups -OCH3 is 1. The topological polar surface area (TPSA) is 62.8 Å². The third kappa shape index (κ3) is 3.79. The average Bonchev–Trinajstić information content (AvgIpc) is 2.81. The van der Waals surface area contributed by atoms with Crippen molar-refractivity contribution in [2.45, 2.75) is 18.7 Å². The third-order valence-electron chi connectivity index (χ3n) is 6.19. The van der Waals surface area contributed by atoms with E-state index in [0.29, 0.717) is 27.3 Å². The van der Waals surface area contributed by atoms with Gasteiger partial charge in [0.25, 0.3) is 0 Å². The van der Waals surface area contributed by atoms with E-state index in [1.54, 1.807) is 31.4 Å². The molecule has 3 atom stereocenters. The van der Waals surface area contributed by atoms with Crippen LogP contribution in [0.15, 0.2) is 71.2 Å². The molecule has 3 aromatic carbocycles. The van der Waals surface area contributed by atoms with E-state index in [1.165, 1.54) is 0 Å². The predicted octanol–water partition coefficient (Wildman–Crippen LogP) is 5.91. The number of nitrogens with zero attached hydrogens (tertiary/aromatic N) is 1. The van der Waals surface area contributed by atoms with Gasteiger partial charge in [0.2, 0.25) is 5.91 Å². The van der Waals surface area contributed by atoms with Crippen LogP contribution in [-0.2, 0) is 4.79 Å². The summed E-state index contributed by atoms with van der Waals surface area (Å²) in [5, 5.41) is 7.49. The molecule has 174 valence electrons. The summed E-state index contributed by atoms with van der Waals surface area (Å²) < 4.78 is 13.2. The fourth-order valence-corrected chi connectivity index (χ4v) is 5.47. The molecule has 3 aromatic rings. The highest BCUT2D eigenvalue weighted by atomic mass is 79.9. The van der Waals surface area contributed by atoms with E-state index < -0.39 is 17.7 Å². The number of para-hydroxylation sites is 1. The summed E-state index contributed by atoms with van der Waals surface area (Å²) in [6.45, 7) is 1.89. The second-order valence-corrected chi connectivity index (χ2v) is 9.99. The van der Waals surface area contributed by atoms with Gasteiger partial charge in [-0.25, -0.2) is 0 Å². The largest absolute Gasteiger partial charge is 0.493 e. The van der Waals surface area contributed by atoms with Gasteiger partial charge in [-0.2, -0.15) is 0 Å². The van der Waals surface area contributed by atoms with E-state index >= 15 is 0 Å². The van der Waals surface area contributed by atoms with Crippen LogP contribution in [0.1, 0.15) is 18.5 Å². The van der Waals surface area contributed by atoms with Crippen LogP contribution in [0, 0.1) is 5.92 Å². The molecule has 34 heavy (non-hydrogen) atoms. The van der Waals surface area contributed by atoms with E-state index in [0.717, 1.165) is 15.7 Å². The summed E-state index contributed by atoms with van der Waals surface area (Å²) in [5.74, 6) is 0.319. The maximum Gasteiger partial charge on any atom is 0.236 e. The molecule has 0 spiro atoms. The van der Waals surface area contributed by atoms with Crippen molar-refractivity contribution in [3.8, 4) is 11.5 Å². The van der Waals surface area contributed by atoms with Crippen LogP contribution in [-0.4, -0.2) is 23.9 Å². The first-order valence-electron chi connectivity index (χ1n) is 10.6. The van der Waals surface area contributed by atoms with Crippen molar-refractivity contribution in [2.75, 3.05) is 17.3 Å². The van der Waals surface area contributed by atoms with Gasteiger partial charge in [0.1, 0.15) is 5.92 Å². The van der Waals surface area contributed by atoms with Crippen LogP contribution in [0.25, 0.3) is 0 Å². The Labute approximate surface area is 216 Å². The monoisotopic (exact) mass is 557 g/mol. The Balaban J connectivity index is 1.64. The number of rotatable bonds is 4. The van der Waals surface area contributed by atoms with Gasteiger partial charge in [0.05, 0.1) is 13.2 Å². The lowest BCUT2D eigenvalue weighted by atomic mass is 9.78. The molecule has 1 saturated heterocycles. The molecule has 2 N–H and O–H groups in total. The molecule has 6 nitrogen and oxygen atoms in total. The molecule has 1 fully saturated rings. The number of anilines is 2. The van der Waals surface area contributed by atoms with E-state index in [-0.39, 0.29) is 5.91 Å². The molecule has 0 aliphatic carbocycles. The highest BCUT2D eigenvalue weighted by Gasteiger charge is 2.59. The molecule has 9 heteroatoms. The van der Waals surface area contributed by atoms with Crippen LogP contribution in [0.3, 0.4) is 0 Å². The highest BCUT2D eigenvalue weighted by molar-refractivity contribution is 9.10. The van der Waals surface area contributed by atoms with Crippen molar-refractivity contribution in [3.63, 3.8) is 0 Å². The maximum atomic E-state index is 13.8. The van der Waals surface area contributed by atoms with E-state index in [4.69, 9.17) is 33.3 Å². The number of benzene rings is 3. The molecule has 1 amide bonds. The van der Waals surface area contributed by atoms with Gasteiger partial charge in [0.15, 0.2) is 22.3 Å². The molecule has 2 aliphatic rings. The third-order valence-corrected chi connectivity index (χ3v) is 7.27. The van der Waals surface area contributed by atoms with Crippen molar-refractivity contribution in [1.29, 1.82) is 0 Å². The molecule has 0 saturated carbocycles. The fourth-order valence-electron chi connectivity index (χ4n) is 4.66. The quantitative estimate of drug-likeness (QED) is 0.388. The predicted molar refractivity (Wildman–Crippen MR) is 141 cm³/mol. The zero-order chi connectivity index (χ0) is 24.0. The van der Waals surface area contributed by atoms with Crippen LogP contribution in [0.5, 0.6) is 11.5 Å². The Hall–Kier alpha value is -2.81. The average molecular weight is 559 g/mol. The number of carbonyl (C=O) groups is 1. The van der Waals surface area contributed by atoms with Crippen LogP contribution in [0.2, 0.25) is 5.02 Å². The highest BCUT2D eigenvalue weighted by Crippen LogP contribution is 2.52. The summed E-state index contributed by atoms with van der Waals surface area (Å²) in [5.41, 5.74) is 1.11. The van der Waals surface area contributed by atoms with Crippen LogP contribution < -0.4 is 25.0 Å². The molecule has 0 unspecified atom stereocenters. The number of hydrogen-bond acceptors (Lipinski definition) is 4. The Morgan fingerprint density at radius 2 is 1.88 bits per heavy atom. The first kappa shape index (κ1) is 23.0. The normalized spacial score (nSPS) is 22.8. The van der Waals surface area contributed by atoms with Crippen molar-refractivity contribution >= 4 is 62.1 Å². The lowest BCUT2D eigenvalue weighted by Gasteiger charge is -2.56. The molecule has 0 aromatic heterocycles. The summed E-state index contributed by atoms with van der Waals surface area (Å²) in [4.78, 5) is 15.7. The summed E-state index contributed by atoms with van der Waals surface area (Å²) in [6.07, 6.45) is 0. The SMILES string of the molecule is COc1cccc2c1O[C@@]1(C)[C@H](C(=O)Nc3ccc(Cl)cc3)[C@H]2NC(=S)N1c1ccc(Br)cc1. The van der Waals surface area contributed by atoms with Gasteiger partial charge in [-0.05, 0) is 73.7 Å². The second-order valence-electron chi connectivity index (χ2n) is 8.25. The van der Waals surface area contributed by atoms with Gasteiger partial charge in [-0.15, -0.1) is 0 Å². The van der Waals surface area contributed by atoms with Crippen LogP contribution >= 0.6 is 39.7 Å². The van der Waals surface area contributed by atoms with Crippen molar-refractivity contribution in [1.82, 2.24) is 5.32 Å². The Kier molecular flexibility index (Phi) is 5.91. The number of fused-ring (bicyclic) bond motifs is 4. The molecule has 0 radical (unpaired) electrons. The Morgan fingerprint density at radius 3 is 2.56 bits per heavy atom. The molecule has 2 bridgehead atoms. The molecule has 2 heterocycles. The summed E-state index contributed by atoms with van der Waals surface area (Å²) in [6, 6.07) is 19.9. The standard InChI is InChI=1S/C25H21BrClN3O3S/c1-25-20(23(31)28-16-10-8-15(27)9-11-16)21(18-4-3-5-19(32-2)22(18)33-25)29-24(34)30(25)17-12-6-14(26)7-13-17/h3-13,20-21H,1-2H3,(H,28,31)(H,29,34)/t20-,21-,25-/m0/s1. The lowest BCUT2D eigenvalue weighted by molar-refractivity contribution is -0.130. The zero-order valence-corrected chi connectivity index (χ0v) is 21.5. The Morgan fingerprint density at radius 1 is 1.18 bits per heavy atom. The van der Waals surface area contributed by atoms with Gasteiger partial charge in [0, 0.05) is 26.4 Å². The van der Waals surface area contributed by atoms with Crippen molar-refractivity contribution < 1.29 is 14.3 Å². The minimum atomic E-state index is -1.14. The number of amides is 1. The van der Waals surface area contributed by atoms with Crippen molar-refractivity contribution in [2.24, 2.45) is 5.92 Å². The number of carbonyl (C=O) groups excluding carboxylic acids is 1. The number of thiocarbonyl (C=S) groups is 1. The van der Waals surface area contributed by atoms with Gasteiger partial charge in [-0.1, -0.05) is 39.7 Å². The van der Waals surface area contributed by atoms with Gasteiger partial charge < -0.3 is 20.1 Å². The number of halogens is 2. The minimum Gasteiger partial charge on any atom is -0.493 e. The molecular weight excluding hydrogens is 538 g/mol. The Bertz CT molecular complexity index is 1270. The molecule has 5 rings (SSSR count). The maximum absolute atomic E-state index is 13.8. The smallest absolute Gasteiger partial charge is 0.236 e. The summed E-state index contributed by atoms with van der Waals surface area (Å²) in [7, 11) is 1.60. The zero-order valence-electron chi connectivity index (χ0n) is 18.3. The number of hydrogen-bond donors (Lipinski definition) is 2. The second kappa shape index (κ2) is 8.76. The number of ether oxygens (including phenoxy) is 2. The van der Waals surface area contributed by atoms with Gasteiger partial charge in [-0.3, -0.25) is 9.69 Å². The van der Waals surface area contributed by atoms with E-state index in [1.807, 2.05) is 54.3 Å². The number of nitrogens with one attached hydrogen (secondary N) is 2. The molecular formula is C25H21BrClN3O3S. The van der Waals surface area contributed by atoms with Crippen molar-refractivity contribution in [3.05, 3.63) is 81.8 Å². The fraction of sp³-hybridized carbons (Fsp3) is 0.200. The van der Waals surface area contributed by atoms with Gasteiger partial charge >= 0.3 is 0 Å². The molecule has 2 aliphatic heterocycles. The van der Waals surface area contributed by atoms with Crippen LogP contribution in [0.4, 0.5) is 11.4 Å². The van der Waals surface area contributed by atoms with E-state index in [2.05, 4.69) is 26.6 Å². The van der Waals surface area contributed by atoms with E-state index in [9.17, 15) is 4.79 Å². The first-order chi connectivity index (χ1) is 16.3.